The van der Waals surface area contributed by atoms with Crippen LogP contribution in [-0.4, -0.2) is 0 Å². The lowest BCUT2D eigenvalue weighted by Crippen LogP contribution is -1.84. The van der Waals surface area contributed by atoms with Gasteiger partial charge in [-0.05, 0) is 0 Å². The molecule has 0 aromatic carbocycles. The minimum Gasteiger partial charge on any atom is -0.0533 e. The van der Waals surface area contributed by atoms with Gasteiger partial charge in [-0.2, -0.15) is 0 Å². The van der Waals surface area contributed by atoms with E-state index in [1.54, 1.807) is 0 Å². The average Bonchev–Trinajstić information content (AvgIpc) is 2.68. The molecule has 1 aliphatic carbocycles. The summed E-state index contributed by atoms with van der Waals surface area (Å²) in [6.07, 6.45) is 40.5. The molecule has 1 aliphatic rings. The molecule has 1 saturated carbocycles. The Morgan fingerprint density at radius 2 is 0.111 bits per heavy atom. The van der Waals surface area contributed by atoms with Crippen molar-refractivity contribution in [2.45, 2.75) is 173 Å². The van der Waals surface area contributed by atoms with Crippen LogP contribution in [0.25, 0.3) is 0 Å². The van der Waals surface area contributed by atoms with Gasteiger partial charge in [0, 0.05) is 0 Å². The van der Waals surface area contributed by atoms with Gasteiger partial charge in [0.1, 0.15) is 0 Å². The van der Waals surface area contributed by atoms with E-state index in [1.165, 1.54) is 173 Å². The van der Waals surface area contributed by atoms with Crippen LogP contribution < -0.4 is 0 Å². The third-order valence-corrected chi connectivity index (χ3v) is 6.75. The Kier molecular flexibility index (Phi) is 20.7. The molecular weight excluding hydrogens is 324 g/mol. The van der Waals surface area contributed by atoms with Gasteiger partial charge in [0.15, 0.2) is 0 Å². The molecule has 0 radical (unpaired) electrons. The van der Waals surface area contributed by atoms with Crippen LogP contribution in [0.5, 0.6) is 0 Å². The summed E-state index contributed by atoms with van der Waals surface area (Å²) in [5.74, 6) is 0. The number of hydrogen-bond acceptors (Lipinski definition) is 0. The molecule has 0 atom stereocenters. The van der Waals surface area contributed by atoms with Gasteiger partial charge in [-0.25, -0.2) is 0 Å². The van der Waals surface area contributed by atoms with Gasteiger partial charge < -0.3 is 0 Å². The molecule has 1 fully saturated rings. The Morgan fingerprint density at radius 1 is 0.0741 bits per heavy atom. The minimum absolute atomic E-state index is 1.50. The second-order valence-electron chi connectivity index (χ2n) is 9.55. The molecule has 0 unspecified atom stereocenters. The quantitative estimate of drug-likeness (QED) is 0.393. The van der Waals surface area contributed by atoms with E-state index in [-0.39, 0.29) is 0 Å². The van der Waals surface area contributed by atoms with Crippen LogP contribution in [0.4, 0.5) is 0 Å². The molecular formula is C27H54. The fourth-order valence-corrected chi connectivity index (χ4v) is 4.77. The minimum atomic E-state index is 1.50. The highest BCUT2D eigenvalue weighted by Crippen LogP contribution is 2.17. The van der Waals surface area contributed by atoms with Crippen molar-refractivity contribution in [1.29, 1.82) is 0 Å². The Balaban J connectivity index is 2.00. The maximum atomic E-state index is 1.50. The fourth-order valence-electron chi connectivity index (χ4n) is 4.77. The van der Waals surface area contributed by atoms with E-state index in [0.29, 0.717) is 0 Å². The van der Waals surface area contributed by atoms with Crippen LogP contribution >= 0.6 is 0 Å². The lowest BCUT2D eigenvalue weighted by Gasteiger charge is -2.04. The molecule has 0 aromatic rings. The lowest BCUT2D eigenvalue weighted by molar-refractivity contribution is 0.518. The topological polar surface area (TPSA) is 0 Å². The van der Waals surface area contributed by atoms with E-state index in [4.69, 9.17) is 0 Å². The zero-order valence-electron chi connectivity index (χ0n) is 19.1. The molecule has 0 heteroatoms. The molecule has 0 spiro atoms. The highest BCUT2D eigenvalue weighted by atomic mass is 14.0. The van der Waals surface area contributed by atoms with Crippen molar-refractivity contribution in [1.82, 2.24) is 0 Å². The number of rotatable bonds is 0. The Morgan fingerprint density at radius 3 is 0.148 bits per heavy atom. The lowest BCUT2D eigenvalue weighted by atomic mass is 10.0. The van der Waals surface area contributed by atoms with Crippen molar-refractivity contribution in [2.24, 2.45) is 0 Å². The first-order chi connectivity index (χ1) is 13.5. The predicted octanol–water partition coefficient (Wildman–Crippen LogP) is 10.5. The third kappa shape index (κ3) is 20.5. The van der Waals surface area contributed by atoms with Crippen molar-refractivity contribution in [3.05, 3.63) is 0 Å². The normalized spacial score (nSPS) is 24.0. The molecule has 27 heavy (non-hydrogen) atoms. The van der Waals surface area contributed by atoms with Gasteiger partial charge in [-0.15, -0.1) is 0 Å². The molecule has 0 bridgehead atoms. The highest BCUT2D eigenvalue weighted by molar-refractivity contribution is 4.53. The summed E-state index contributed by atoms with van der Waals surface area (Å²) in [5, 5.41) is 0. The summed E-state index contributed by atoms with van der Waals surface area (Å²) < 4.78 is 0. The van der Waals surface area contributed by atoms with E-state index >= 15 is 0 Å². The van der Waals surface area contributed by atoms with Gasteiger partial charge in [0.25, 0.3) is 0 Å². The summed E-state index contributed by atoms with van der Waals surface area (Å²) in [5.41, 5.74) is 0. The van der Waals surface area contributed by atoms with E-state index in [2.05, 4.69) is 0 Å². The van der Waals surface area contributed by atoms with Crippen LogP contribution in [0.1, 0.15) is 173 Å². The molecule has 0 aliphatic heterocycles. The first kappa shape index (κ1) is 25.0. The zero-order chi connectivity index (χ0) is 19.1. The molecule has 0 saturated heterocycles. The van der Waals surface area contributed by atoms with Crippen molar-refractivity contribution < 1.29 is 0 Å². The summed E-state index contributed by atoms with van der Waals surface area (Å²) in [7, 11) is 0. The van der Waals surface area contributed by atoms with Crippen LogP contribution in [0.2, 0.25) is 0 Å². The SMILES string of the molecule is C1CCCCCCCCCCCCCCCCCCCCCCCCCC1. The van der Waals surface area contributed by atoms with Crippen molar-refractivity contribution in [3.8, 4) is 0 Å². The Bertz CT molecular complexity index is 128. The highest BCUT2D eigenvalue weighted by Gasteiger charge is 1.97. The first-order valence-corrected chi connectivity index (χ1v) is 13.5. The zero-order valence-corrected chi connectivity index (χ0v) is 19.1. The van der Waals surface area contributed by atoms with Crippen LogP contribution in [0.3, 0.4) is 0 Å². The number of hydrogen-bond donors (Lipinski definition) is 0. The second-order valence-corrected chi connectivity index (χ2v) is 9.55. The monoisotopic (exact) mass is 378 g/mol. The summed E-state index contributed by atoms with van der Waals surface area (Å²) in [4.78, 5) is 0. The Hall–Kier alpha value is 0. The maximum Gasteiger partial charge on any atom is -0.0533 e. The summed E-state index contributed by atoms with van der Waals surface area (Å²) in [6.45, 7) is 0. The standard InChI is InChI=1S/C27H54/c1-2-4-6-8-10-12-14-16-18-20-22-24-26-27-25-23-21-19-17-15-13-11-9-7-5-3-1/h1-27H2. The predicted molar refractivity (Wildman–Crippen MR) is 125 cm³/mol. The van der Waals surface area contributed by atoms with Crippen molar-refractivity contribution >= 4 is 0 Å². The molecule has 0 aromatic heterocycles. The van der Waals surface area contributed by atoms with Crippen molar-refractivity contribution in [3.63, 3.8) is 0 Å². The van der Waals surface area contributed by atoms with Crippen LogP contribution in [0, 0.1) is 0 Å². The van der Waals surface area contributed by atoms with E-state index < -0.39 is 0 Å². The van der Waals surface area contributed by atoms with Gasteiger partial charge in [-0.3, -0.25) is 0 Å². The van der Waals surface area contributed by atoms with Gasteiger partial charge in [0.2, 0.25) is 0 Å². The smallest absolute Gasteiger partial charge is 0.0533 e. The largest absolute Gasteiger partial charge is 0.0533 e. The molecule has 0 N–H and O–H groups in total. The molecule has 162 valence electrons. The molecule has 0 amide bonds. The Labute approximate surface area is 173 Å². The van der Waals surface area contributed by atoms with Gasteiger partial charge in [0.05, 0.1) is 0 Å². The van der Waals surface area contributed by atoms with E-state index in [9.17, 15) is 0 Å². The van der Waals surface area contributed by atoms with E-state index in [1.807, 2.05) is 0 Å². The second kappa shape index (κ2) is 22.3. The van der Waals surface area contributed by atoms with Gasteiger partial charge in [-0.1, -0.05) is 173 Å². The molecule has 0 nitrogen and oxygen atoms in total. The maximum absolute atomic E-state index is 1.50. The average molecular weight is 379 g/mol. The molecule has 0 heterocycles. The fraction of sp³-hybridized carbons (Fsp3) is 1.00. The van der Waals surface area contributed by atoms with Gasteiger partial charge >= 0.3 is 0 Å². The van der Waals surface area contributed by atoms with Crippen molar-refractivity contribution in [2.75, 3.05) is 0 Å². The van der Waals surface area contributed by atoms with E-state index in [0.717, 1.165) is 0 Å². The van der Waals surface area contributed by atoms with Crippen LogP contribution in [-0.2, 0) is 0 Å². The summed E-state index contributed by atoms with van der Waals surface area (Å²) in [6, 6.07) is 0. The molecule has 1 rings (SSSR count). The third-order valence-electron chi connectivity index (χ3n) is 6.75. The van der Waals surface area contributed by atoms with Crippen LogP contribution in [0.15, 0.2) is 0 Å². The first-order valence-electron chi connectivity index (χ1n) is 13.5. The summed E-state index contributed by atoms with van der Waals surface area (Å²) >= 11 is 0.